The number of halogens is 1. The summed E-state index contributed by atoms with van der Waals surface area (Å²) in [5.41, 5.74) is 0. The van der Waals surface area contributed by atoms with Gasteiger partial charge in [0.15, 0.2) is 0 Å². The fraction of sp³-hybridized carbons (Fsp3) is 0.333. The van der Waals surface area contributed by atoms with Gasteiger partial charge in [-0.05, 0) is 0 Å². The monoisotopic (exact) mass is 213 g/mol. The van der Waals surface area contributed by atoms with Gasteiger partial charge in [0.2, 0.25) is 5.91 Å². The van der Waals surface area contributed by atoms with Gasteiger partial charge in [0.05, 0.1) is 0 Å². The van der Waals surface area contributed by atoms with Crippen LogP contribution < -0.4 is 5.32 Å². The van der Waals surface area contributed by atoms with Gasteiger partial charge in [-0.2, -0.15) is 0 Å². The van der Waals surface area contributed by atoms with E-state index in [1.165, 1.54) is 29.5 Å². The van der Waals surface area contributed by atoms with Crippen LogP contribution in [0.15, 0.2) is 0 Å². The van der Waals surface area contributed by atoms with E-state index in [2.05, 4.69) is 0 Å². The molecule has 0 heterocycles. The summed E-state index contributed by atoms with van der Waals surface area (Å²) in [6, 6.07) is 0. The molecule has 3 nitrogen and oxygen atoms in total. The van der Waals surface area contributed by atoms with Crippen LogP contribution in [0.1, 0.15) is 6.92 Å². The summed E-state index contributed by atoms with van der Waals surface area (Å²) in [5, 5.41) is 2.01. The van der Waals surface area contributed by atoms with Crippen molar-refractivity contribution >= 4 is 32.4 Å². The van der Waals surface area contributed by atoms with Crippen LogP contribution in [-0.2, 0) is 4.79 Å². The highest BCUT2D eigenvalue weighted by atomic mass is 127. The Hall–Kier alpha value is -0.130. The lowest BCUT2D eigenvalue weighted by molar-refractivity contribution is -0.117. The molecule has 0 unspecified atom stereocenters. The fourth-order valence-corrected chi connectivity index (χ4v) is 0.518. The van der Waals surface area contributed by atoms with Crippen molar-refractivity contribution < 1.29 is 9.59 Å². The highest BCUT2D eigenvalue weighted by molar-refractivity contribution is 14.1. The van der Waals surface area contributed by atoms with Crippen LogP contribution in [0.5, 0.6) is 0 Å². The number of carbonyl (C=O) groups is 2. The normalized spacial score (nSPS) is 7.71. The Kier molecular flexibility index (Phi) is 2.89. The number of imide groups is 1. The quantitative estimate of drug-likeness (QED) is 0.365. The smallest absolute Gasteiger partial charge is 0.287 e. The molecule has 0 radical (unpaired) electrons. The van der Waals surface area contributed by atoms with Crippen molar-refractivity contribution in [2.45, 2.75) is 6.92 Å². The Morgan fingerprint density at radius 3 is 2.00 bits per heavy atom. The Balaban J connectivity index is 3.32. The zero-order valence-corrected chi connectivity index (χ0v) is 5.85. The van der Waals surface area contributed by atoms with Crippen LogP contribution in [0.3, 0.4) is 0 Å². The topological polar surface area (TPSA) is 46.2 Å². The predicted octanol–water partition coefficient (Wildman–Crippen LogP) is 0.678. The van der Waals surface area contributed by atoms with E-state index in [1.807, 2.05) is 5.32 Å². The molecule has 0 fully saturated rings. The molecule has 0 aromatic rings. The molecule has 0 saturated heterocycles. The Labute approximate surface area is 54.6 Å². The molecule has 7 heavy (non-hydrogen) atoms. The van der Waals surface area contributed by atoms with Crippen molar-refractivity contribution in [1.82, 2.24) is 5.32 Å². The Morgan fingerprint density at radius 2 is 2.00 bits per heavy atom. The van der Waals surface area contributed by atoms with Crippen LogP contribution in [0.2, 0.25) is 0 Å². The second-order valence-electron chi connectivity index (χ2n) is 0.955. The van der Waals surface area contributed by atoms with E-state index in [1.54, 1.807) is 0 Å². The van der Waals surface area contributed by atoms with E-state index in [4.69, 9.17) is 0 Å². The Morgan fingerprint density at radius 1 is 1.57 bits per heavy atom. The summed E-state index contributed by atoms with van der Waals surface area (Å²) in [5.74, 6) is -0.320. The SMILES string of the molecule is CC(=O)NC(=O)I. The van der Waals surface area contributed by atoms with E-state index in [0.717, 1.165) is 0 Å². The lowest BCUT2D eigenvalue weighted by Crippen LogP contribution is -2.21. The van der Waals surface area contributed by atoms with Gasteiger partial charge in [0, 0.05) is 29.5 Å². The minimum Gasteiger partial charge on any atom is -0.288 e. The molecule has 0 saturated carbocycles. The largest absolute Gasteiger partial charge is 0.288 e. The second kappa shape index (κ2) is 2.95. The van der Waals surface area contributed by atoms with Crippen LogP contribution >= 0.6 is 22.6 Å². The molecule has 40 valence electrons. The van der Waals surface area contributed by atoms with Crippen molar-refractivity contribution in [3.63, 3.8) is 0 Å². The summed E-state index contributed by atoms with van der Waals surface area (Å²) >= 11 is 1.49. The van der Waals surface area contributed by atoms with Gasteiger partial charge < -0.3 is 0 Å². The summed E-state index contributed by atoms with van der Waals surface area (Å²) in [6.07, 6.45) is 0. The van der Waals surface area contributed by atoms with Gasteiger partial charge in [-0.15, -0.1) is 0 Å². The minimum atomic E-state index is -0.342. The molecule has 0 atom stereocenters. The molecule has 4 heteroatoms. The molecular weight excluding hydrogens is 209 g/mol. The third-order valence-electron chi connectivity index (χ3n) is 0.274. The van der Waals surface area contributed by atoms with E-state index in [-0.39, 0.29) is 9.82 Å². The first-order valence-corrected chi connectivity index (χ1v) is 2.68. The molecule has 0 aromatic heterocycles. The molecule has 0 aliphatic heterocycles. The zero-order valence-electron chi connectivity index (χ0n) is 3.69. The number of nitrogens with one attached hydrogen (secondary N) is 1. The maximum atomic E-state index is 9.92. The molecule has 0 bridgehead atoms. The minimum absolute atomic E-state index is 0.320. The lowest BCUT2D eigenvalue weighted by Gasteiger charge is -1.86. The van der Waals surface area contributed by atoms with E-state index in [0.29, 0.717) is 0 Å². The van der Waals surface area contributed by atoms with Crippen LogP contribution in [0.4, 0.5) is 4.79 Å². The summed E-state index contributed by atoms with van der Waals surface area (Å²) in [4.78, 5) is 19.8. The maximum absolute atomic E-state index is 9.92. The number of rotatable bonds is 0. The first-order chi connectivity index (χ1) is 3.13. The van der Waals surface area contributed by atoms with E-state index < -0.39 is 0 Å². The summed E-state index contributed by atoms with van der Waals surface area (Å²) in [7, 11) is 0. The highest BCUT2D eigenvalue weighted by Gasteiger charge is 1.92. The van der Waals surface area contributed by atoms with Gasteiger partial charge >= 0.3 is 0 Å². The molecular formula is C3H4INO2. The first kappa shape index (κ1) is 6.87. The van der Waals surface area contributed by atoms with Gasteiger partial charge in [-0.3, -0.25) is 14.9 Å². The van der Waals surface area contributed by atoms with Crippen molar-refractivity contribution in [3.05, 3.63) is 0 Å². The van der Waals surface area contributed by atoms with Gasteiger partial charge in [0.1, 0.15) is 0 Å². The van der Waals surface area contributed by atoms with Crippen molar-refractivity contribution in [3.8, 4) is 0 Å². The molecule has 1 N–H and O–H groups in total. The third-order valence-corrected chi connectivity index (χ3v) is 0.544. The standard InChI is InChI=1S/C3H4INO2/c1-2(6)5-3(4)7/h1H3,(H,5,6,7). The Bertz CT molecular complexity index is 89.1. The maximum Gasteiger partial charge on any atom is 0.287 e. The van der Waals surface area contributed by atoms with Crippen molar-refractivity contribution in [2.75, 3.05) is 0 Å². The summed E-state index contributed by atoms with van der Waals surface area (Å²) < 4.78 is -0.342. The first-order valence-electron chi connectivity index (χ1n) is 1.60. The number of amides is 2. The van der Waals surface area contributed by atoms with Crippen molar-refractivity contribution in [2.24, 2.45) is 0 Å². The van der Waals surface area contributed by atoms with Crippen molar-refractivity contribution in [1.29, 1.82) is 0 Å². The highest BCUT2D eigenvalue weighted by Crippen LogP contribution is 1.80. The zero-order chi connectivity index (χ0) is 5.86. The molecule has 0 aromatic carbocycles. The van der Waals surface area contributed by atoms with Crippen LogP contribution in [0.25, 0.3) is 0 Å². The van der Waals surface area contributed by atoms with Gasteiger partial charge in [-0.25, -0.2) is 0 Å². The predicted molar refractivity (Wildman–Crippen MR) is 33.2 cm³/mol. The molecule has 2 amide bonds. The second-order valence-corrected chi connectivity index (χ2v) is 1.93. The molecule has 0 aliphatic rings. The average Bonchev–Trinajstić information content (AvgIpc) is 1.27. The van der Waals surface area contributed by atoms with Crippen LogP contribution in [-0.4, -0.2) is 9.82 Å². The third kappa shape index (κ3) is 5.87. The lowest BCUT2D eigenvalue weighted by atomic mass is 10.7. The number of hydrogen-bond acceptors (Lipinski definition) is 2. The molecule has 0 aliphatic carbocycles. The van der Waals surface area contributed by atoms with Gasteiger partial charge in [0.25, 0.3) is 3.91 Å². The van der Waals surface area contributed by atoms with E-state index >= 15 is 0 Å². The number of hydrogen-bond donors (Lipinski definition) is 1. The van der Waals surface area contributed by atoms with Crippen LogP contribution in [0, 0.1) is 0 Å². The fourth-order valence-electron chi connectivity index (χ4n) is 0.138. The average molecular weight is 213 g/mol. The molecule has 0 rings (SSSR count). The molecule has 0 spiro atoms. The van der Waals surface area contributed by atoms with E-state index in [9.17, 15) is 9.59 Å². The number of carbonyl (C=O) groups excluding carboxylic acids is 2. The van der Waals surface area contributed by atoms with Gasteiger partial charge in [-0.1, -0.05) is 0 Å². The summed E-state index contributed by atoms with van der Waals surface area (Å²) in [6.45, 7) is 1.29.